The molecule has 0 amide bonds. The molecule has 2 heteroatoms. The summed E-state index contributed by atoms with van der Waals surface area (Å²) in [6.45, 7) is 3.94. The summed E-state index contributed by atoms with van der Waals surface area (Å²) >= 11 is 0. The molecule has 0 heterocycles. The summed E-state index contributed by atoms with van der Waals surface area (Å²) in [6.07, 6.45) is 9.57. The quantitative estimate of drug-likeness (QED) is 0.524. The molecule has 1 fully saturated rings. The summed E-state index contributed by atoms with van der Waals surface area (Å²) in [5, 5.41) is 0. The van der Waals surface area contributed by atoms with E-state index in [9.17, 15) is 4.79 Å². The number of hydrogen-bond donors (Lipinski definition) is 0. The number of hydrogen-bond acceptors (Lipinski definition) is 2. The van der Waals surface area contributed by atoms with E-state index in [0.717, 1.165) is 11.8 Å². The molecule has 0 saturated heterocycles. The molecular formula is C13H18O2. The summed E-state index contributed by atoms with van der Waals surface area (Å²) in [4.78, 5) is 10.7. The van der Waals surface area contributed by atoms with Gasteiger partial charge in [-0.15, -0.1) is 0 Å². The Bertz CT molecular complexity index is 314. The molecule has 3 atom stereocenters. The zero-order chi connectivity index (χ0) is 10.8. The Labute approximate surface area is 91.0 Å². The summed E-state index contributed by atoms with van der Waals surface area (Å²) in [6, 6.07) is 0. The predicted molar refractivity (Wildman–Crippen MR) is 59.2 cm³/mol. The van der Waals surface area contributed by atoms with Gasteiger partial charge in [0, 0.05) is 6.92 Å². The molecule has 3 unspecified atom stereocenters. The number of fused-ring (bicyclic) bond motifs is 2. The highest BCUT2D eigenvalue weighted by atomic mass is 16.5. The van der Waals surface area contributed by atoms with Crippen LogP contribution in [0.1, 0.15) is 26.7 Å². The van der Waals surface area contributed by atoms with Gasteiger partial charge in [-0.2, -0.15) is 0 Å². The first-order chi connectivity index (χ1) is 7.15. The van der Waals surface area contributed by atoms with Gasteiger partial charge in [-0.25, -0.2) is 0 Å². The Balaban J connectivity index is 1.87. The van der Waals surface area contributed by atoms with E-state index in [0.29, 0.717) is 12.5 Å². The van der Waals surface area contributed by atoms with Gasteiger partial charge in [0.1, 0.15) is 6.61 Å². The Kier molecular flexibility index (Phi) is 2.94. The average molecular weight is 206 g/mol. The Morgan fingerprint density at radius 2 is 2.20 bits per heavy atom. The molecule has 2 rings (SSSR count). The third kappa shape index (κ3) is 2.49. The van der Waals surface area contributed by atoms with E-state index in [4.69, 9.17) is 4.74 Å². The van der Waals surface area contributed by atoms with Gasteiger partial charge in [0.25, 0.3) is 0 Å². The Morgan fingerprint density at radius 1 is 1.40 bits per heavy atom. The number of ether oxygens (including phenoxy) is 1. The largest absolute Gasteiger partial charge is 0.461 e. The van der Waals surface area contributed by atoms with Crippen molar-refractivity contribution >= 4 is 5.97 Å². The van der Waals surface area contributed by atoms with Crippen molar-refractivity contribution in [1.29, 1.82) is 0 Å². The minimum Gasteiger partial charge on any atom is -0.461 e. The number of esters is 1. The fraction of sp³-hybridized carbons (Fsp3) is 0.615. The van der Waals surface area contributed by atoms with Crippen molar-refractivity contribution < 1.29 is 9.53 Å². The fourth-order valence-electron chi connectivity index (χ4n) is 2.64. The average Bonchev–Trinajstić information content (AvgIpc) is 2.76. The molecule has 0 spiro atoms. The van der Waals surface area contributed by atoms with Crippen molar-refractivity contribution in [2.45, 2.75) is 26.7 Å². The smallest absolute Gasteiger partial charge is 0.302 e. The van der Waals surface area contributed by atoms with Crippen LogP contribution in [0.2, 0.25) is 0 Å². The van der Waals surface area contributed by atoms with Gasteiger partial charge in [0.15, 0.2) is 0 Å². The maximum Gasteiger partial charge on any atom is 0.302 e. The predicted octanol–water partition coefficient (Wildman–Crippen LogP) is 2.71. The minimum atomic E-state index is -0.199. The van der Waals surface area contributed by atoms with Crippen molar-refractivity contribution in [1.82, 2.24) is 0 Å². The van der Waals surface area contributed by atoms with Crippen LogP contribution >= 0.6 is 0 Å². The van der Waals surface area contributed by atoms with Crippen LogP contribution < -0.4 is 0 Å². The standard InChI is InChI=1S/C13H18O2/c1-9(8-15-10(2)14)5-13-7-11-3-4-12(13)6-11/h3-5,11-13H,6-8H2,1-2H3/b9-5+. The molecule has 2 aliphatic rings. The molecule has 0 aromatic rings. The van der Waals surface area contributed by atoms with E-state index in [2.05, 4.69) is 18.2 Å². The fourth-order valence-corrected chi connectivity index (χ4v) is 2.64. The van der Waals surface area contributed by atoms with Crippen LogP contribution in [-0.4, -0.2) is 12.6 Å². The van der Waals surface area contributed by atoms with E-state index >= 15 is 0 Å². The van der Waals surface area contributed by atoms with Gasteiger partial charge < -0.3 is 4.74 Å². The topological polar surface area (TPSA) is 26.3 Å². The van der Waals surface area contributed by atoms with Gasteiger partial charge in [-0.3, -0.25) is 4.79 Å². The third-order valence-electron chi connectivity index (χ3n) is 3.33. The zero-order valence-electron chi connectivity index (χ0n) is 9.40. The summed E-state index contributed by atoms with van der Waals surface area (Å²) < 4.78 is 4.97. The van der Waals surface area contributed by atoms with Gasteiger partial charge in [0.05, 0.1) is 0 Å². The number of carbonyl (C=O) groups excluding carboxylic acids is 1. The van der Waals surface area contributed by atoms with Crippen molar-refractivity contribution in [3.05, 3.63) is 23.8 Å². The number of rotatable bonds is 3. The molecule has 0 aromatic carbocycles. The van der Waals surface area contributed by atoms with Crippen molar-refractivity contribution in [3.8, 4) is 0 Å². The van der Waals surface area contributed by atoms with Crippen molar-refractivity contribution in [2.75, 3.05) is 6.61 Å². The lowest BCUT2D eigenvalue weighted by Gasteiger charge is -2.14. The molecule has 0 aromatic heterocycles. The highest BCUT2D eigenvalue weighted by Crippen LogP contribution is 2.44. The maximum atomic E-state index is 10.7. The minimum absolute atomic E-state index is 0.199. The molecule has 1 saturated carbocycles. The maximum absolute atomic E-state index is 10.7. The highest BCUT2D eigenvalue weighted by molar-refractivity contribution is 5.66. The van der Waals surface area contributed by atoms with E-state index in [1.54, 1.807) is 0 Å². The molecule has 82 valence electrons. The van der Waals surface area contributed by atoms with Gasteiger partial charge in [0.2, 0.25) is 0 Å². The Hall–Kier alpha value is -1.05. The number of carbonyl (C=O) groups is 1. The van der Waals surface area contributed by atoms with E-state index in [1.165, 1.54) is 25.3 Å². The lowest BCUT2D eigenvalue weighted by atomic mass is 9.92. The third-order valence-corrected chi connectivity index (χ3v) is 3.33. The van der Waals surface area contributed by atoms with Crippen molar-refractivity contribution in [3.63, 3.8) is 0 Å². The Morgan fingerprint density at radius 3 is 2.73 bits per heavy atom. The zero-order valence-corrected chi connectivity index (χ0v) is 9.40. The van der Waals surface area contributed by atoms with Crippen LogP contribution in [0.4, 0.5) is 0 Å². The number of allylic oxidation sites excluding steroid dienone is 3. The second-order valence-electron chi connectivity index (χ2n) is 4.74. The monoisotopic (exact) mass is 206 g/mol. The lowest BCUT2D eigenvalue weighted by molar-refractivity contribution is -0.139. The van der Waals surface area contributed by atoms with E-state index in [-0.39, 0.29) is 5.97 Å². The van der Waals surface area contributed by atoms with Crippen LogP contribution in [-0.2, 0) is 9.53 Å². The van der Waals surface area contributed by atoms with Gasteiger partial charge in [-0.05, 0) is 43.1 Å². The van der Waals surface area contributed by atoms with Crippen LogP contribution in [0.15, 0.2) is 23.8 Å². The normalized spacial score (nSPS) is 33.5. The summed E-state index contributed by atoms with van der Waals surface area (Å²) in [7, 11) is 0. The van der Waals surface area contributed by atoms with Gasteiger partial charge in [-0.1, -0.05) is 18.2 Å². The van der Waals surface area contributed by atoms with E-state index < -0.39 is 0 Å². The molecule has 2 aliphatic carbocycles. The molecule has 2 nitrogen and oxygen atoms in total. The first-order valence-corrected chi connectivity index (χ1v) is 5.64. The van der Waals surface area contributed by atoms with Gasteiger partial charge >= 0.3 is 5.97 Å². The molecule has 0 radical (unpaired) electrons. The SMILES string of the molecule is CC(=O)OC/C(C)=C/C1CC2C=CC1C2. The second kappa shape index (κ2) is 4.21. The lowest BCUT2D eigenvalue weighted by Crippen LogP contribution is -2.07. The van der Waals surface area contributed by atoms with E-state index in [1.807, 2.05) is 6.92 Å². The van der Waals surface area contributed by atoms with Crippen LogP contribution in [0.25, 0.3) is 0 Å². The first-order valence-electron chi connectivity index (χ1n) is 5.64. The van der Waals surface area contributed by atoms with Crippen LogP contribution in [0.3, 0.4) is 0 Å². The van der Waals surface area contributed by atoms with Crippen LogP contribution in [0, 0.1) is 17.8 Å². The highest BCUT2D eigenvalue weighted by Gasteiger charge is 2.34. The molecular weight excluding hydrogens is 188 g/mol. The molecule has 0 N–H and O–H groups in total. The second-order valence-corrected chi connectivity index (χ2v) is 4.74. The summed E-state index contributed by atoms with van der Waals surface area (Å²) in [5.74, 6) is 2.02. The van der Waals surface area contributed by atoms with Crippen molar-refractivity contribution in [2.24, 2.45) is 17.8 Å². The molecule has 2 bridgehead atoms. The molecule has 0 aliphatic heterocycles. The first kappa shape index (κ1) is 10.5. The summed E-state index contributed by atoms with van der Waals surface area (Å²) in [5.41, 5.74) is 1.18. The molecule has 15 heavy (non-hydrogen) atoms. The van der Waals surface area contributed by atoms with Crippen LogP contribution in [0.5, 0.6) is 0 Å².